The molecule has 0 saturated carbocycles. The summed E-state index contributed by atoms with van der Waals surface area (Å²) < 4.78 is 7.32. The molecule has 0 bridgehead atoms. The predicted octanol–water partition coefficient (Wildman–Crippen LogP) is 4.45. The highest BCUT2D eigenvalue weighted by molar-refractivity contribution is 9.10. The molecule has 116 valence electrons. The quantitative estimate of drug-likeness (QED) is 0.835. The monoisotopic (exact) mass is 369 g/mol. The highest BCUT2D eigenvalue weighted by atomic mass is 79.9. The first-order valence-corrected chi connectivity index (χ1v) is 9.77. The van der Waals surface area contributed by atoms with Crippen LogP contribution >= 0.6 is 27.7 Å². The van der Waals surface area contributed by atoms with E-state index in [0.29, 0.717) is 5.92 Å². The maximum atomic E-state index is 6.62. The Bertz CT molecular complexity index is 476. The minimum atomic E-state index is 0.118. The van der Waals surface area contributed by atoms with Gasteiger partial charge in [-0.05, 0) is 73.3 Å². The summed E-state index contributed by atoms with van der Waals surface area (Å²) in [6.07, 6.45) is 4.60. The van der Waals surface area contributed by atoms with Crippen molar-refractivity contribution in [3.63, 3.8) is 0 Å². The van der Waals surface area contributed by atoms with Crippen molar-refractivity contribution in [2.45, 2.75) is 44.2 Å². The first-order valence-electron chi connectivity index (χ1n) is 7.82. The average Bonchev–Trinajstić information content (AvgIpc) is 2.46. The fourth-order valence-electron chi connectivity index (χ4n) is 3.69. The maximum Gasteiger partial charge on any atom is 0.0701 e. The highest BCUT2D eigenvalue weighted by Crippen LogP contribution is 2.43. The second-order valence-corrected chi connectivity index (χ2v) is 8.62. The van der Waals surface area contributed by atoms with Crippen molar-refractivity contribution in [3.05, 3.63) is 33.8 Å². The Labute approximate surface area is 140 Å². The topological polar surface area (TPSA) is 35.2 Å². The normalized spacial score (nSPS) is 26.7. The summed E-state index contributed by atoms with van der Waals surface area (Å²) in [7, 11) is 0. The van der Waals surface area contributed by atoms with Gasteiger partial charge in [-0.1, -0.05) is 22.0 Å². The summed E-state index contributed by atoms with van der Waals surface area (Å²) in [5.74, 6) is 3.01. The molecule has 2 atom stereocenters. The zero-order chi connectivity index (χ0) is 14.9. The smallest absolute Gasteiger partial charge is 0.0701 e. The number of hydrogen-bond acceptors (Lipinski definition) is 3. The Morgan fingerprint density at radius 3 is 2.81 bits per heavy atom. The van der Waals surface area contributed by atoms with Gasteiger partial charge in [-0.25, -0.2) is 0 Å². The zero-order valence-corrected chi connectivity index (χ0v) is 15.0. The van der Waals surface area contributed by atoms with Crippen LogP contribution in [0, 0.1) is 12.8 Å². The summed E-state index contributed by atoms with van der Waals surface area (Å²) in [6, 6.07) is 6.67. The lowest BCUT2D eigenvalue weighted by molar-refractivity contribution is -0.105. The Morgan fingerprint density at radius 2 is 2.10 bits per heavy atom. The Balaban J connectivity index is 1.76. The number of ether oxygens (including phenoxy) is 1. The standard InChI is InChI=1S/C17H24BrNOS/c1-12-8-14(10-15(18)9-12)16(19)13-2-5-20-17(11-13)3-6-21-7-4-17/h8-10,13,16H,2-7,11,19H2,1H3. The molecule has 2 unspecified atom stereocenters. The SMILES string of the molecule is Cc1cc(Br)cc(C(N)C2CCOC3(CCSCC3)C2)c1. The van der Waals surface area contributed by atoms with Crippen LogP contribution < -0.4 is 5.73 Å². The molecule has 0 aromatic heterocycles. The van der Waals surface area contributed by atoms with Crippen LogP contribution in [0.2, 0.25) is 0 Å². The van der Waals surface area contributed by atoms with Crippen LogP contribution in [0.1, 0.15) is 42.9 Å². The van der Waals surface area contributed by atoms with E-state index in [4.69, 9.17) is 10.5 Å². The van der Waals surface area contributed by atoms with E-state index in [2.05, 4.69) is 52.8 Å². The van der Waals surface area contributed by atoms with Crippen molar-refractivity contribution in [3.8, 4) is 0 Å². The molecule has 0 aliphatic carbocycles. The number of benzene rings is 1. The fourth-order valence-corrected chi connectivity index (χ4v) is 5.56. The van der Waals surface area contributed by atoms with E-state index in [1.54, 1.807) is 0 Å². The summed E-state index contributed by atoms with van der Waals surface area (Å²) in [5, 5.41) is 0. The van der Waals surface area contributed by atoms with Crippen LogP contribution in [0.5, 0.6) is 0 Å². The molecule has 2 heterocycles. The summed E-state index contributed by atoms with van der Waals surface area (Å²) in [5.41, 5.74) is 9.26. The van der Waals surface area contributed by atoms with Crippen LogP contribution in [0.3, 0.4) is 0 Å². The molecule has 4 heteroatoms. The van der Waals surface area contributed by atoms with Gasteiger partial charge in [0.15, 0.2) is 0 Å². The van der Waals surface area contributed by atoms with Crippen LogP contribution in [0.4, 0.5) is 0 Å². The summed E-state index contributed by atoms with van der Waals surface area (Å²) >= 11 is 5.65. The molecule has 1 aromatic rings. The Hall–Kier alpha value is -0.0300. The van der Waals surface area contributed by atoms with Crippen LogP contribution in [-0.4, -0.2) is 23.7 Å². The average molecular weight is 370 g/mol. The van der Waals surface area contributed by atoms with Crippen LogP contribution in [0.25, 0.3) is 0 Å². The first-order chi connectivity index (χ1) is 10.1. The molecule has 2 N–H and O–H groups in total. The number of hydrogen-bond donors (Lipinski definition) is 1. The second-order valence-electron chi connectivity index (χ2n) is 6.48. The van der Waals surface area contributed by atoms with E-state index >= 15 is 0 Å². The van der Waals surface area contributed by atoms with Gasteiger partial charge in [0, 0.05) is 17.1 Å². The molecule has 0 amide bonds. The zero-order valence-electron chi connectivity index (χ0n) is 12.6. The Morgan fingerprint density at radius 1 is 1.33 bits per heavy atom. The minimum absolute atomic E-state index is 0.118. The number of aryl methyl sites for hydroxylation is 1. The molecule has 21 heavy (non-hydrogen) atoms. The van der Waals surface area contributed by atoms with Gasteiger partial charge in [-0.3, -0.25) is 0 Å². The van der Waals surface area contributed by atoms with Crippen molar-refractivity contribution in [1.29, 1.82) is 0 Å². The molecule has 2 aliphatic rings. The molecule has 3 rings (SSSR count). The van der Waals surface area contributed by atoms with Gasteiger partial charge in [0.2, 0.25) is 0 Å². The third-order valence-corrected chi connectivity index (χ3v) is 6.34. The molecule has 1 spiro atoms. The third kappa shape index (κ3) is 3.66. The van der Waals surface area contributed by atoms with Gasteiger partial charge in [0.25, 0.3) is 0 Å². The van der Waals surface area contributed by atoms with Crippen molar-refractivity contribution in [2.24, 2.45) is 11.7 Å². The predicted molar refractivity (Wildman–Crippen MR) is 93.8 cm³/mol. The molecule has 2 fully saturated rings. The maximum absolute atomic E-state index is 6.62. The first kappa shape index (κ1) is 15.9. The third-order valence-electron chi connectivity index (χ3n) is 4.89. The highest BCUT2D eigenvalue weighted by Gasteiger charge is 2.40. The lowest BCUT2D eigenvalue weighted by Crippen LogP contribution is -2.45. The van der Waals surface area contributed by atoms with E-state index in [1.807, 2.05) is 0 Å². The minimum Gasteiger partial charge on any atom is -0.375 e. The number of rotatable bonds is 2. The molecule has 2 nitrogen and oxygen atoms in total. The molecule has 0 radical (unpaired) electrons. The molecule has 1 aromatic carbocycles. The number of thioether (sulfide) groups is 1. The van der Waals surface area contributed by atoms with Gasteiger partial charge in [0.05, 0.1) is 5.60 Å². The van der Waals surface area contributed by atoms with E-state index < -0.39 is 0 Å². The number of nitrogens with two attached hydrogens (primary N) is 1. The van der Waals surface area contributed by atoms with Crippen LogP contribution in [0.15, 0.2) is 22.7 Å². The van der Waals surface area contributed by atoms with Gasteiger partial charge < -0.3 is 10.5 Å². The number of halogens is 1. The van der Waals surface area contributed by atoms with Crippen LogP contribution in [-0.2, 0) is 4.74 Å². The van der Waals surface area contributed by atoms with Crippen molar-refractivity contribution >= 4 is 27.7 Å². The largest absolute Gasteiger partial charge is 0.375 e. The molecular formula is C17H24BrNOS. The molecule has 2 saturated heterocycles. The lowest BCUT2D eigenvalue weighted by atomic mass is 9.77. The van der Waals surface area contributed by atoms with Gasteiger partial charge in [-0.15, -0.1) is 0 Å². The summed E-state index contributed by atoms with van der Waals surface area (Å²) in [4.78, 5) is 0. The molecular weight excluding hydrogens is 346 g/mol. The molecule has 2 aliphatic heterocycles. The van der Waals surface area contributed by atoms with E-state index in [0.717, 1.165) is 23.9 Å². The fraction of sp³-hybridized carbons (Fsp3) is 0.647. The van der Waals surface area contributed by atoms with E-state index in [9.17, 15) is 0 Å². The van der Waals surface area contributed by atoms with Gasteiger partial charge >= 0.3 is 0 Å². The van der Waals surface area contributed by atoms with Gasteiger partial charge in [0.1, 0.15) is 0 Å². The lowest BCUT2D eigenvalue weighted by Gasteiger charge is -2.44. The second kappa shape index (κ2) is 6.61. The van der Waals surface area contributed by atoms with Crippen molar-refractivity contribution in [1.82, 2.24) is 0 Å². The van der Waals surface area contributed by atoms with Crippen molar-refractivity contribution < 1.29 is 4.74 Å². The van der Waals surface area contributed by atoms with E-state index in [1.165, 1.54) is 35.5 Å². The van der Waals surface area contributed by atoms with E-state index in [-0.39, 0.29) is 11.6 Å². The summed E-state index contributed by atoms with van der Waals surface area (Å²) in [6.45, 7) is 3.00. The Kier molecular flexibility index (Phi) is 4.99. The van der Waals surface area contributed by atoms with Gasteiger partial charge in [-0.2, -0.15) is 11.8 Å². The van der Waals surface area contributed by atoms with Crippen molar-refractivity contribution in [2.75, 3.05) is 18.1 Å².